The van der Waals surface area contributed by atoms with Crippen LogP contribution in [0.4, 0.5) is 17.3 Å². The molecule has 0 aromatic carbocycles. The van der Waals surface area contributed by atoms with E-state index in [1.807, 2.05) is 0 Å². The van der Waals surface area contributed by atoms with Gasteiger partial charge in [-0.05, 0) is 24.8 Å². The number of nitrogen functional groups attached to an aromatic ring is 1. The zero-order valence-electron chi connectivity index (χ0n) is 11.5. The molecule has 0 amide bonds. The van der Waals surface area contributed by atoms with E-state index >= 15 is 0 Å². The van der Waals surface area contributed by atoms with Crippen LogP contribution < -0.4 is 11.1 Å². The molecule has 20 heavy (non-hydrogen) atoms. The minimum Gasteiger partial charge on any atom is -0.388 e. The van der Waals surface area contributed by atoms with E-state index < -0.39 is 10.5 Å². The summed E-state index contributed by atoms with van der Waals surface area (Å²) in [6.07, 6.45) is 3.66. The number of hydrogen-bond donors (Lipinski definition) is 3. The highest BCUT2D eigenvalue weighted by atomic mass is 16.6. The number of rotatable bonds is 4. The van der Waals surface area contributed by atoms with Crippen molar-refractivity contribution in [3.05, 3.63) is 22.2 Å². The number of nitrogens with one attached hydrogen (secondary N) is 1. The average molecular weight is 280 g/mol. The summed E-state index contributed by atoms with van der Waals surface area (Å²) in [7, 11) is 0. The number of anilines is 2. The van der Waals surface area contributed by atoms with Crippen molar-refractivity contribution in [1.29, 1.82) is 0 Å². The highest BCUT2D eigenvalue weighted by Crippen LogP contribution is 2.32. The molecule has 1 aromatic rings. The molecule has 1 saturated carbocycles. The van der Waals surface area contributed by atoms with Gasteiger partial charge in [0, 0.05) is 12.6 Å². The molecule has 0 radical (unpaired) electrons. The smallest absolute Gasteiger partial charge is 0.311 e. The lowest BCUT2D eigenvalue weighted by atomic mass is 9.79. The maximum atomic E-state index is 10.7. The summed E-state index contributed by atoms with van der Waals surface area (Å²) in [5, 5.41) is 24.2. The van der Waals surface area contributed by atoms with Crippen LogP contribution in [0, 0.1) is 16.0 Å². The lowest BCUT2D eigenvalue weighted by molar-refractivity contribution is -0.384. The van der Waals surface area contributed by atoms with E-state index in [1.54, 1.807) is 0 Å². The summed E-state index contributed by atoms with van der Waals surface area (Å²) in [5.74, 6) is 0.828. The highest BCUT2D eigenvalue weighted by molar-refractivity contribution is 5.57. The topological polar surface area (TPSA) is 114 Å². The fourth-order valence-corrected chi connectivity index (χ4v) is 2.77. The number of hydrogen-bond acceptors (Lipinski definition) is 6. The molecule has 1 fully saturated rings. The van der Waals surface area contributed by atoms with Gasteiger partial charge in [0.25, 0.3) is 0 Å². The quantitative estimate of drug-likeness (QED) is 0.573. The van der Waals surface area contributed by atoms with Gasteiger partial charge in [-0.1, -0.05) is 19.8 Å². The molecule has 1 aliphatic rings. The van der Waals surface area contributed by atoms with Gasteiger partial charge < -0.3 is 16.2 Å². The lowest BCUT2D eigenvalue weighted by Crippen LogP contribution is -2.41. The van der Waals surface area contributed by atoms with Gasteiger partial charge in [0.05, 0.1) is 10.5 Å². The van der Waals surface area contributed by atoms with Crippen molar-refractivity contribution in [2.45, 2.75) is 38.2 Å². The van der Waals surface area contributed by atoms with Gasteiger partial charge in [0.2, 0.25) is 5.82 Å². The molecule has 0 saturated heterocycles. The van der Waals surface area contributed by atoms with Gasteiger partial charge in [-0.2, -0.15) is 0 Å². The van der Waals surface area contributed by atoms with Gasteiger partial charge >= 0.3 is 5.69 Å². The molecule has 0 aliphatic heterocycles. The standard InChI is InChI=1S/C13H20N4O3/c1-9-3-2-6-13(18,7-9)8-15-11-5-4-10(17(19)20)12(14)16-11/h4-5,9,18H,2-3,6-8H2,1H3,(H3,14,15,16). The summed E-state index contributed by atoms with van der Waals surface area (Å²) >= 11 is 0. The van der Waals surface area contributed by atoms with Crippen molar-refractivity contribution in [1.82, 2.24) is 4.98 Å². The Hall–Kier alpha value is -1.89. The van der Waals surface area contributed by atoms with Crippen LogP contribution in [0.3, 0.4) is 0 Å². The van der Waals surface area contributed by atoms with Crippen LogP contribution in [-0.2, 0) is 0 Å². The van der Waals surface area contributed by atoms with Crippen molar-refractivity contribution in [3.8, 4) is 0 Å². The van der Waals surface area contributed by atoms with Crippen LogP contribution in [-0.4, -0.2) is 27.2 Å². The summed E-state index contributed by atoms with van der Waals surface area (Å²) in [4.78, 5) is 14.0. The second kappa shape index (κ2) is 5.62. The zero-order valence-corrected chi connectivity index (χ0v) is 11.5. The molecule has 2 atom stereocenters. The van der Waals surface area contributed by atoms with E-state index in [0.29, 0.717) is 18.3 Å². The van der Waals surface area contributed by atoms with Gasteiger partial charge in [-0.3, -0.25) is 10.1 Å². The van der Waals surface area contributed by atoms with Crippen LogP contribution >= 0.6 is 0 Å². The van der Waals surface area contributed by atoms with Gasteiger partial charge in [-0.25, -0.2) is 4.98 Å². The van der Waals surface area contributed by atoms with E-state index in [-0.39, 0.29) is 11.5 Å². The molecule has 7 heteroatoms. The van der Waals surface area contributed by atoms with Gasteiger partial charge in [0.1, 0.15) is 5.82 Å². The minimum absolute atomic E-state index is 0.121. The van der Waals surface area contributed by atoms with Crippen molar-refractivity contribution in [3.63, 3.8) is 0 Å². The molecule has 7 nitrogen and oxygen atoms in total. The predicted octanol–water partition coefficient (Wildman–Crippen LogP) is 1.93. The second-order valence-corrected chi connectivity index (χ2v) is 5.64. The Kier molecular flexibility index (Phi) is 4.08. The van der Waals surface area contributed by atoms with Crippen molar-refractivity contribution < 1.29 is 10.0 Å². The Balaban J connectivity index is 2.00. The van der Waals surface area contributed by atoms with Gasteiger partial charge in [-0.15, -0.1) is 0 Å². The molecule has 0 spiro atoms. The molecule has 4 N–H and O–H groups in total. The zero-order chi connectivity index (χ0) is 14.8. The number of pyridine rings is 1. The Morgan fingerprint density at radius 1 is 1.65 bits per heavy atom. The maximum Gasteiger partial charge on any atom is 0.311 e. The average Bonchev–Trinajstić information content (AvgIpc) is 2.36. The van der Waals surface area contributed by atoms with E-state index in [0.717, 1.165) is 25.7 Å². The highest BCUT2D eigenvalue weighted by Gasteiger charge is 2.32. The summed E-state index contributed by atoms with van der Waals surface area (Å²) < 4.78 is 0. The normalized spacial score (nSPS) is 26.2. The summed E-state index contributed by atoms with van der Waals surface area (Å²) in [5.41, 5.74) is 4.58. The molecule has 1 aliphatic carbocycles. The molecular weight excluding hydrogens is 260 g/mol. The third-order valence-electron chi connectivity index (χ3n) is 3.77. The third-order valence-corrected chi connectivity index (χ3v) is 3.77. The minimum atomic E-state index is -0.740. The Labute approximate surface area is 117 Å². The summed E-state index contributed by atoms with van der Waals surface area (Å²) in [6, 6.07) is 2.82. The second-order valence-electron chi connectivity index (χ2n) is 5.64. The first-order valence-electron chi connectivity index (χ1n) is 6.77. The van der Waals surface area contributed by atoms with Gasteiger partial charge in [0.15, 0.2) is 0 Å². The van der Waals surface area contributed by atoms with E-state index in [4.69, 9.17) is 5.73 Å². The molecule has 2 unspecified atom stereocenters. The Morgan fingerprint density at radius 2 is 2.40 bits per heavy atom. The largest absolute Gasteiger partial charge is 0.388 e. The Morgan fingerprint density at radius 3 is 3.00 bits per heavy atom. The molecule has 1 aromatic heterocycles. The number of aromatic nitrogens is 1. The molecule has 0 bridgehead atoms. The first-order valence-corrected chi connectivity index (χ1v) is 6.77. The van der Waals surface area contributed by atoms with Crippen molar-refractivity contribution >= 4 is 17.3 Å². The summed E-state index contributed by atoms with van der Waals surface area (Å²) in [6.45, 7) is 2.51. The fourth-order valence-electron chi connectivity index (χ4n) is 2.77. The van der Waals surface area contributed by atoms with Crippen LogP contribution in [0.15, 0.2) is 12.1 Å². The maximum absolute atomic E-state index is 10.7. The predicted molar refractivity (Wildman–Crippen MR) is 76.4 cm³/mol. The third kappa shape index (κ3) is 3.36. The van der Waals surface area contributed by atoms with Crippen LogP contribution in [0.2, 0.25) is 0 Å². The van der Waals surface area contributed by atoms with Crippen molar-refractivity contribution in [2.75, 3.05) is 17.6 Å². The molecule has 110 valence electrons. The monoisotopic (exact) mass is 280 g/mol. The van der Waals surface area contributed by atoms with Crippen LogP contribution in [0.5, 0.6) is 0 Å². The number of nitrogens with two attached hydrogens (primary N) is 1. The SMILES string of the molecule is CC1CCCC(O)(CNc2ccc([N+](=O)[O-])c(N)n2)C1. The van der Waals surface area contributed by atoms with Crippen LogP contribution in [0.1, 0.15) is 32.6 Å². The molecule has 1 heterocycles. The number of nitrogens with zero attached hydrogens (tertiary/aromatic N) is 2. The number of nitro groups is 1. The first kappa shape index (κ1) is 14.5. The van der Waals surface area contributed by atoms with E-state index in [9.17, 15) is 15.2 Å². The lowest BCUT2D eigenvalue weighted by Gasteiger charge is -2.35. The molecular formula is C13H20N4O3. The first-order chi connectivity index (χ1) is 9.39. The number of aliphatic hydroxyl groups is 1. The molecule has 2 rings (SSSR count). The van der Waals surface area contributed by atoms with Crippen molar-refractivity contribution in [2.24, 2.45) is 5.92 Å². The van der Waals surface area contributed by atoms with E-state index in [2.05, 4.69) is 17.2 Å². The fraction of sp³-hybridized carbons (Fsp3) is 0.615. The Bertz CT molecular complexity index is 508. The van der Waals surface area contributed by atoms with E-state index in [1.165, 1.54) is 12.1 Å². The van der Waals surface area contributed by atoms with Crippen LogP contribution in [0.25, 0.3) is 0 Å².